The molecule has 0 atom stereocenters. The van der Waals surface area contributed by atoms with E-state index in [0.717, 1.165) is 82.8 Å². The monoisotopic (exact) mass is 699 g/mol. The van der Waals surface area contributed by atoms with E-state index in [4.69, 9.17) is 0 Å². The molecule has 0 saturated heterocycles. The summed E-state index contributed by atoms with van der Waals surface area (Å²) >= 11 is 0. The second-order valence-electron chi connectivity index (χ2n) is 13.9. The second-order valence-corrected chi connectivity index (χ2v) is 13.9. The minimum Gasteiger partial charge on any atom is -0.309 e. The lowest BCUT2D eigenvalue weighted by molar-refractivity contribution is 1.15. The number of rotatable bonds is 4. The summed E-state index contributed by atoms with van der Waals surface area (Å²) in [6.45, 7) is 0. The maximum absolute atomic E-state index is 11.2. The van der Waals surface area contributed by atoms with E-state index in [1.54, 1.807) is 0 Å². The normalized spacial score (nSPS) is 11.6. The zero-order chi connectivity index (χ0) is 36.6. The molecule has 0 fully saturated rings. The van der Waals surface area contributed by atoms with E-state index < -0.39 is 0 Å². The van der Waals surface area contributed by atoms with Gasteiger partial charge in [-0.05, 0) is 60.7 Å². The van der Waals surface area contributed by atoms with Crippen molar-refractivity contribution in [2.75, 3.05) is 0 Å². The van der Waals surface area contributed by atoms with Crippen LogP contribution in [0.4, 0.5) is 0 Å². The van der Waals surface area contributed by atoms with Gasteiger partial charge in [-0.15, -0.1) is 0 Å². The number of nitriles is 2. The van der Waals surface area contributed by atoms with Gasteiger partial charge in [-0.2, -0.15) is 10.5 Å². The lowest BCUT2D eigenvalue weighted by Gasteiger charge is -2.18. The molecule has 11 aromatic rings. The van der Waals surface area contributed by atoms with E-state index in [1.807, 2.05) is 48.5 Å². The Bertz CT molecular complexity index is 3420. The van der Waals surface area contributed by atoms with Crippen LogP contribution in [0, 0.1) is 22.7 Å². The van der Waals surface area contributed by atoms with Gasteiger partial charge in [-0.3, -0.25) is 0 Å². The fourth-order valence-corrected chi connectivity index (χ4v) is 8.82. The number of para-hydroxylation sites is 5. The van der Waals surface area contributed by atoms with Crippen LogP contribution in [0.1, 0.15) is 11.1 Å². The third-order valence-electron chi connectivity index (χ3n) is 11.1. The van der Waals surface area contributed by atoms with E-state index >= 15 is 0 Å². The van der Waals surface area contributed by atoms with E-state index in [0.29, 0.717) is 11.1 Å². The van der Waals surface area contributed by atoms with Crippen molar-refractivity contribution in [1.82, 2.24) is 13.7 Å². The minimum absolute atomic E-state index is 0.582. The largest absolute Gasteiger partial charge is 0.309 e. The molecule has 11 rings (SSSR count). The molecule has 0 radical (unpaired) electrons. The van der Waals surface area contributed by atoms with Crippen LogP contribution in [0.3, 0.4) is 0 Å². The standard InChI is InChI=1S/C50H29N5/c51-30-32-24-26-40-38-15-4-9-21-46(38)54(49(40)28-32)45-20-8-1-12-35(45)34-17-11-23-48(42(34)31-52)55-47-22-10-5-16-39(47)41-27-25-33(29-50(41)55)53-43-18-6-2-13-36(43)37-14-3-7-19-44(37)53/h1-29H. The van der Waals surface area contributed by atoms with Gasteiger partial charge in [0.15, 0.2) is 0 Å². The first kappa shape index (κ1) is 30.7. The van der Waals surface area contributed by atoms with Crippen molar-refractivity contribution in [3.8, 4) is 40.3 Å². The highest BCUT2D eigenvalue weighted by molar-refractivity contribution is 6.13. The molecular formula is C50H29N5. The SMILES string of the molecule is N#Cc1ccc2c3ccccc3n(-c3ccccc3-c3cccc(-n4c5ccccc5c5ccc(-n6c7ccccc7c7ccccc76)cc54)c3C#N)c2c1. The average molecular weight is 700 g/mol. The lowest BCUT2D eigenvalue weighted by Crippen LogP contribution is -2.02. The van der Waals surface area contributed by atoms with E-state index in [2.05, 4.69) is 153 Å². The van der Waals surface area contributed by atoms with Crippen molar-refractivity contribution in [2.24, 2.45) is 0 Å². The first-order valence-electron chi connectivity index (χ1n) is 18.3. The Morgan fingerprint density at radius 2 is 0.782 bits per heavy atom. The van der Waals surface area contributed by atoms with Gasteiger partial charge in [0.2, 0.25) is 0 Å². The zero-order valence-electron chi connectivity index (χ0n) is 29.5. The Balaban J connectivity index is 1.18. The van der Waals surface area contributed by atoms with Crippen molar-refractivity contribution in [2.45, 2.75) is 0 Å². The molecule has 0 amide bonds. The number of hydrogen-bond donors (Lipinski definition) is 0. The maximum Gasteiger partial charge on any atom is 0.102 e. The van der Waals surface area contributed by atoms with Crippen LogP contribution in [-0.2, 0) is 0 Å². The molecule has 3 aromatic heterocycles. The van der Waals surface area contributed by atoms with Crippen molar-refractivity contribution in [3.05, 3.63) is 187 Å². The number of benzene rings is 8. The quantitative estimate of drug-likeness (QED) is 0.184. The summed E-state index contributed by atoms with van der Waals surface area (Å²) in [5.74, 6) is 0. The van der Waals surface area contributed by atoms with Crippen LogP contribution in [0.5, 0.6) is 0 Å². The molecule has 5 nitrogen and oxygen atoms in total. The molecular weight excluding hydrogens is 671 g/mol. The van der Waals surface area contributed by atoms with Gasteiger partial charge < -0.3 is 13.7 Å². The molecule has 0 N–H and O–H groups in total. The van der Waals surface area contributed by atoms with Crippen LogP contribution < -0.4 is 0 Å². The highest BCUT2D eigenvalue weighted by Crippen LogP contribution is 2.41. The van der Waals surface area contributed by atoms with Gasteiger partial charge >= 0.3 is 0 Å². The topological polar surface area (TPSA) is 62.4 Å². The Hall–Kier alpha value is -7.86. The molecule has 8 aromatic carbocycles. The molecule has 0 aliphatic carbocycles. The zero-order valence-corrected chi connectivity index (χ0v) is 29.5. The summed E-state index contributed by atoms with van der Waals surface area (Å²) in [6, 6.07) is 65.9. The summed E-state index contributed by atoms with van der Waals surface area (Å²) in [5, 5.41) is 27.9. The molecule has 0 saturated carbocycles. The van der Waals surface area contributed by atoms with Gasteiger partial charge in [0.05, 0.1) is 61.7 Å². The van der Waals surface area contributed by atoms with Crippen molar-refractivity contribution >= 4 is 65.4 Å². The predicted octanol–water partition coefficient (Wildman–Crippen LogP) is 12.4. The maximum atomic E-state index is 11.2. The summed E-state index contributed by atoms with van der Waals surface area (Å²) in [7, 11) is 0. The average Bonchev–Trinajstić information content (AvgIpc) is 3.88. The first-order chi connectivity index (χ1) is 27.2. The fraction of sp³-hybridized carbons (Fsp3) is 0. The van der Waals surface area contributed by atoms with Crippen molar-refractivity contribution in [3.63, 3.8) is 0 Å². The number of hydrogen-bond acceptors (Lipinski definition) is 2. The molecule has 0 unspecified atom stereocenters. The Morgan fingerprint density at radius 3 is 1.38 bits per heavy atom. The Morgan fingerprint density at radius 1 is 0.327 bits per heavy atom. The summed E-state index contributed by atoms with van der Waals surface area (Å²) < 4.78 is 6.83. The third kappa shape index (κ3) is 4.39. The van der Waals surface area contributed by atoms with E-state index in [-0.39, 0.29) is 0 Å². The summed E-state index contributed by atoms with van der Waals surface area (Å²) in [5.41, 5.74) is 12.1. The first-order valence-corrected chi connectivity index (χ1v) is 18.3. The summed E-state index contributed by atoms with van der Waals surface area (Å²) in [4.78, 5) is 0. The van der Waals surface area contributed by atoms with E-state index in [1.165, 1.54) is 10.8 Å². The van der Waals surface area contributed by atoms with Crippen molar-refractivity contribution < 1.29 is 0 Å². The summed E-state index contributed by atoms with van der Waals surface area (Å²) in [6.07, 6.45) is 0. The molecule has 254 valence electrons. The molecule has 0 bridgehead atoms. The van der Waals surface area contributed by atoms with Gasteiger partial charge in [0.1, 0.15) is 6.07 Å². The van der Waals surface area contributed by atoms with Gasteiger partial charge in [0, 0.05) is 49.1 Å². The number of aromatic nitrogens is 3. The number of nitrogens with zero attached hydrogens (tertiary/aromatic N) is 5. The molecule has 3 heterocycles. The smallest absolute Gasteiger partial charge is 0.102 e. The van der Waals surface area contributed by atoms with Crippen molar-refractivity contribution in [1.29, 1.82) is 10.5 Å². The van der Waals surface area contributed by atoms with Crippen LogP contribution in [-0.4, -0.2) is 13.7 Å². The highest BCUT2D eigenvalue weighted by atomic mass is 15.0. The molecule has 0 aliphatic rings. The minimum atomic E-state index is 0.582. The Labute approximate surface area is 316 Å². The highest BCUT2D eigenvalue weighted by Gasteiger charge is 2.22. The van der Waals surface area contributed by atoms with Crippen LogP contribution in [0.15, 0.2) is 176 Å². The predicted molar refractivity (Wildman–Crippen MR) is 224 cm³/mol. The molecule has 55 heavy (non-hydrogen) atoms. The van der Waals surface area contributed by atoms with Crippen LogP contribution in [0.2, 0.25) is 0 Å². The van der Waals surface area contributed by atoms with Crippen LogP contribution >= 0.6 is 0 Å². The Kier molecular flexibility index (Phi) is 6.61. The fourth-order valence-electron chi connectivity index (χ4n) is 8.82. The van der Waals surface area contributed by atoms with Crippen LogP contribution in [0.25, 0.3) is 93.6 Å². The van der Waals surface area contributed by atoms with E-state index in [9.17, 15) is 10.5 Å². The second kappa shape index (κ2) is 11.8. The molecule has 0 aliphatic heterocycles. The molecule has 5 heteroatoms. The number of fused-ring (bicyclic) bond motifs is 9. The van der Waals surface area contributed by atoms with Gasteiger partial charge in [-0.1, -0.05) is 115 Å². The van der Waals surface area contributed by atoms with Gasteiger partial charge in [-0.25, -0.2) is 0 Å². The third-order valence-corrected chi connectivity index (χ3v) is 11.1. The lowest BCUT2D eigenvalue weighted by atomic mass is 9.96. The molecule has 0 spiro atoms. The van der Waals surface area contributed by atoms with Gasteiger partial charge in [0.25, 0.3) is 0 Å².